The van der Waals surface area contributed by atoms with Gasteiger partial charge in [0.1, 0.15) is 23.0 Å². The summed E-state index contributed by atoms with van der Waals surface area (Å²) < 4.78 is 28.9. The van der Waals surface area contributed by atoms with Gasteiger partial charge in [-0.1, -0.05) is 307 Å². The van der Waals surface area contributed by atoms with Gasteiger partial charge in [0.05, 0.1) is 26.4 Å². The fraction of sp³-hybridized carbons (Fsp3) is 0.700. The van der Waals surface area contributed by atoms with Crippen molar-refractivity contribution in [1.82, 2.24) is 0 Å². The van der Waals surface area contributed by atoms with Crippen LogP contribution in [-0.2, 0) is 49.2 Å². The third-order valence-corrected chi connectivity index (χ3v) is 19.6. The molecular formula is C80H124Cl4O4. The lowest BCUT2D eigenvalue weighted by molar-refractivity contribution is 0.292. The molecule has 0 N–H and O–H groups in total. The second kappa shape index (κ2) is 48.9. The summed E-state index contributed by atoms with van der Waals surface area (Å²) in [6.45, 7) is 11.8. The summed E-state index contributed by atoms with van der Waals surface area (Å²) in [4.78, 5) is 0. The molecule has 1 aliphatic carbocycles. The van der Waals surface area contributed by atoms with Gasteiger partial charge < -0.3 is 18.9 Å². The van der Waals surface area contributed by atoms with Crippen LogP contribution in [0.1, 0.15) is 351 Å². The van der Waals surface area contributed by atoms with Crippen LogP contribution in [0.2, 0.25) is 0 Å². The minimum Gasteiger partial charge on any atom is -0.493 e. The number of alkyl halides is 4. The third kappa shape index (κ3) is 29.9. The first-order chi connectivity index (χ1) is 43.4. The first kappa shape index (κ1) is 76.0. The number of fused-ring (bicyclic) bond motifs is 8. The van der Waals surface area contributed by atoms with Crippen LogP contribution < -0.4 is 18.9 Å². The van der Waals surface area contributed by atoms with Crippen molar-refractivity contribution >= 4 is 46.4 Å². The number of unbranched alkanes of at least 4 members (excludes halogenated alkanes) is 36. The maximum absolute atomic E-state index is 7.23. The summed E-state index contributed by atoms with van der Waals surface area (Å²) in [5.41, 5.74) is 13.3. The van der Waals surface area contributed by atoms with E-state index in [0.717, 1.165) is 141 Å². The van der Waals surface area contributed by atoms with E-state index < -0.39 is 0 Å². The van der Waals surface area contributed by atoms with Crippen molar-refractivity contribution in [1.29, 1.82) is 0 Å². The zero-order chi connectivity index (χ0) is 62.5. The summed E-state index contributed by atoms with van der Waals surface area (Å²) in [6, 6.07) is 18.4. The molecule has 496 valence electrons. The fourth-order valence-corrected chi connectivity index (χ4v) is 13.9. The Hall–Kier alpha value is -2.76. The van der Waals surface area contributed by atoms with E-state index in [1.165, 1.54) is 205 Å². The van der Waals surface area contributed by atoms with Gasteiger partial charge in [0, 0.05) is 49.2 Å². The highest BCUT2D eigenvalue weighted by molar-refractivity contribution is 6.17. The van der Waals surface area contributed by atoms with Crippen LogP contribution in [0.3, 0.4) is 0 Å². The van der Waals surface area contributed by atoms with Crippen molar-refractivity contribution in [3.63, 3.8) is 0 Å². The molecule has 0 saturated carbocycles. The van der Waals surface area contributed by atoms with Crippen molar-refractivity contribution in [2.24, 2.45) is 0 Å². The van der Waals surface area contributed by atoms with Gasteiger partial charge in [-0.15, -0.1) is 46.4 Å². The molecule has 4 aromatic rings. The van der Waals surface area contributed by atoms with Crippen LogP contribution in [0.15, 0.2) is 48.5 Å². The van der Waals surface area contributed by atoms with E-state index in [9.17, 15) is 0 Å². The van der Waals surface area contributed by atoms with Gasteiger partial charge in [0.15, 0.2) is 0 Å². The Labute approximate surface area is 560 Å². The van der Waals surface area contributed by atoms with E-state index in [1.54, 1.807) is 0 Å². The van der Waals surface area contributed by atoms with Crippen molar-refractivity contribution in [2.75, 3.05) is 26.4 Å². The average molecular weight is 1290 g/mol. The van der Waals surface area contributed by atoms with Gasteiger partial charge >= 0.3 is 0 Å². The predicted molar refractivity (Wildman–Crippen MR) is 385 cm³/mol. The molecule has 0 atom stereocenters. The maximum Gasteiger partial charge on any atom is 0.126 e. The van der Waals surface area contributed by atoms with Crippen LogP contribution in [0.5, 0.6) is 23.0 Å². The Morgan fingerprint density at radius 3 is 0.489 bits per heavy atom. The van der Waals surface area contributed by atoms with Crippen LogP contribution in [-0.4, -0.2) is 26.4 Å². The third-order valence-electron chi connectivity index (χ3n) is 18.3. The summed E-state index contributed by atoms with van der Waals surface area (Å²) in [7, 11) is 0. The van der Waals surface area contributed by atoms with Crippen LogP contribution in [0, 0.1) is 0 Å². The molecule has 0 aliphatic heterocycles. The highest BCUT2D eigenvalue weighted by atomic mass is 35.5. The number of benzene rings is 4. The zero-order valence-electron chi connectivity index (χ0n) is 56.5. The minimum atomic E-state index is 0.391. The average Bonchev–Trinajstić information content (AvgIpc) is 1.14. The lowest BCUT2D eigenvalue weighted by atomic mass is 9.88. The summed E-state index contributed by atoms with van der Waals surface area (Å²) >= 11 is 27.9. The van der Waals surface area contributed by atoms with E-state index in [1.807, 2.05) is 0 Å². The Morgan fingerprint density at radius 2 is 0.352 bits per heavy atom. The number of ether oxygens (including phenoxy) is 4. The first-order valence-corrected chi connectivity index (χ1v) is 38.9. The summed E-state index contributed by atoms with van der Waals surface area (Å²) in [5, 5.41) is 0. The molecule has 8 heteroatoms. The van der Waals surface area contributed by atoms with Gasteiger partial charge in [-0.2, -0.15) is 0 Å². The molecule has 0 amide bonds. The monoisotopic (exact) mass is 1290 g/mol. The molecule has 5 rings (SSSR count). The Bertz CT molecular complexity index is 2010. The van der Waals surface area contributed by atoms with Crippen LogP contribution in [0.25, 0.3) is 0 Å². The van der Waals surface area contributed by atoms with Crippen molar-refractivity contribution in [2.45, 2.75) is 334 Å². The minimum absolute atomic E-state index is 0.391. The van der Waals surface area contributed by atoms with Gasteiger partial charge in [0.25, 0.3) is 0 Å². The summed E-state index contributed by atoms with van der Waals surface area (Å²) in [6.07, 6.45) is 53.4. The highest BCUT2D eigenvalue weighted by Gasteiger charge is 2.25. The smallest absolute Gasteiger partial charge is 0.126 e. The molecule has 8 bridgehead atoms. The molecule has 0 spiro atoms. The molecule has 1 aliphatic rings. The molecule has 4 aromatic carbocycles. The molecule has 0 saturated heterocycles. The first-order valence-electron chi connectivity index (χ1n) is 36.7. The Balaban J connectivity index is 1.59. The zero-order valence-corrected chi connectivity index (χ0v) is 59.6. The highest BCUT2D eigenvalue weighted by Crippen LogP contribution is 2.42. The Morgan fingerprint density at radius 1 is 0.216 bits per heavy atom. The van der Waals surface area contributed by atoms with Crippen LogP contribution in [0.4, 0.5) is 0 Å². The van der Waals surface area contributed by atoms with Gasteiger partial charge in [-0.3, -0.25) is 0 Å². The normalized spacial score (nSPS) is 12.3. The number of hydrogen-bond acceptors (Lipinski definition) is 4. The Kier molecular flexibility index (Phi) is 42.2. The van der Waals surface area contributed by atoms with Crippen molar-refractivity contribution < 1.29 is 18.9 Å². The van der Waals surface area contributed by atoms with Gasteiger partial charge in [-0.05, 0) is 92.4 Å². The molecule has 4 nitrogen and oxygen atoms in total. The van der Waals surface area contributed by atoms with Crippen molar-refractivity contribution in [3.05, 3.63) is 115 Å². The van der Waals surface area contributed by atoms with E-state index in [4.69, 9.17) is 65.4 Å². The topological polar surface area (TPSA) is 36.9 Å². The number of rotatable bonds is 52. The maximum atomic E-state index is 7.23. The van der Waals surface area contributed by atoms with E-state index in [2.05, 4.69) is 76.2 Å². The predicted octanol–water partition coefficient (Wildman–Crippen LogP) is 26.5. The molecule has 0 unspecified atom stereocenters. The lowest BCUT2D eigenvalue weighted by Crippen LogP contribution is -2.12. The molecule has 0 fully saturated rings. The second-order valence-corrected chi connectivity index (χ2v) is 27.4. The van der Waals surface area contributed by atoms with Crippen LogP contribution >= 0.6 is 46.4 Å². The second-order valence-electron chi connectivity index (χ2n) is 26.3. The van der Waals surface area contributed by atoms with E-state index in [-0.39, 0.29) is 0 Å². The fourth-order valence-electron chi connectivity index (χ4n) is 13.3. The standard InChI is InChI=1S/C80H124Cl4O4/c1-5-9-13-17-21-25-29-33-37-41-45-85-77-69-49-65(61-81)50-70(77)58-72-52-67(63-83)54-74(79(72)87-47-43-39-35-31-27-23-19-15-11-7-3)60-76-56-68(64-84)55-75(80(76)88-48-44-40-36-32-28-24-20-16-12-8-4)59-73-53-66(62-82)51-71(57-69)78(73)86-46-42-38-34-30-26-22-18-14-10-6-2/h49-56H,5-48,57-64H2,1-4H3. The SMILES string of the molecule is CCCCCCCCCCCCOc1c2cc(CCl)cc1Cc1cc(CCl)cc(c1OCCCCCCCCCCCC)Cc1cc(CCl)cc(c1OCCCCCCCCCCCC)Cc1cc(CCl)cc(c1OCCCCCCCCCCCC)C2. The quantitative estimate of drug-likeness (QED) is 0.0287. The summed E-state index contributed by atoms with van der Waals surface area (Å²) in [5.74, 6) is 5.37. The molecule has 0 heterocycles. The largest absolute Gasteiger partial charge is 0.493 e. The molecule has 0 radical (unpaired) electrons. The lowest BCUT2D eigenvalue weighted by Gasteiger charge is -2.25. The molecule has 0 aromatic heterocycles. The molecule has 88 heavy (non-hydrogen) atoms. The number of hydrogen-bond donors (Lipinski definition) is 0. The van der Waals surface area contributed by atoms with Gasteiger partial charge in [0.2, 0.25) is 0 Å². The number of halogens is 4. The van der Waals surface area contributed by atoms with E-state index >= 15 is 0 Å². The van der Waals surface area contributed by atoms with Crippen molar-refractivity contribution in [3.8, 4) is 23.0 Å². The van der Waals surface area contributed by atoms with Gasteiger partial charge in [-0.25, -0.2) is 0 Å². The molecular weight excluding hydrogens is 1170 g/mol. The van der Waals surface area contributed by atoms with E-state index in [0.29, 0.717) is 75.6 Å².